The zero-order valence-electron chi connectivity index (χ0n) is 31.5. The summed E-state index contributed by atoms with van der Waals surface area (Å²) in [7, 11) is 0. The number of nitrogen functional groups attached to an aromatic ring is 1. The van der Waals surface area contributed by atoms with Crippen molar-refractivity contribution in [2.75, 3.05) is 33.9 Å². The molecule has 312 valence electrons. The van der Waals surface area contributed by atoms with Crippen LogP contribution in [0.15, 0.2) is 122 Å². The van der Waals surface area contributed by atoms with Gasteiger partial charge in [0.1, 0.15) is 5.69 Å². The Bertz CT molecular complexity index is 2580. The van der Waals surface area contributed by atoms with E-state index in [-0.39, 0.29) is 46.5 Å². The van der Waals surface area contributed by atoms with Gasteiger partial charge in [-0.15, -0.1) is 0 Å². The number of anilines is 4. The predicted molar refractivity (Wildman–Crippen MR) is 210 cm³/mol. The fraction of sp³-hybridized carbons (Fsp3) is 0.143. The molecule has 4 heterocycles. The third kappa shape index (κ3) is 10.1. The van der Waals surface area contributed by atoms with Crippen LogP contribution in [0, 0.1) is 0 Å². The standard InChI is InChI=1S/C21H15F3N4O2.C16H13F3N2O.C5H4N2O2/c22-21(23,24)14-4-2-5-15(11-14)28-10-7-13-3-1-6-16(18(13)20(28)30)27-19(29)17-12-25-8-9-26-17;17-16(18,19)11-4-2-5-12(9-11)21-8-7-10-3-1-6-13(20)14(10)15(21)22;8-5(9)4-3-6-1-2-7-4/h1-6,8-9,11-12H,7,10H2,(H,27,29);1-6,9H,7-8,20H2;1-3H,(H,8,9). The largest absolute Gasteiger partial charge is 0.476 e. The van der Waals surface area contributed by atoms with Gasteiger partial charge in [0, 0.05) is 54.9 Å². The van der Waals surface area contributed by atoms with Gasteiger partial charge in [-0.05, 0) is 72.5 Å². The number of hydrogen-bond acceptors (Lipinski definition) is 9. The molecule has 0 aliphatic carbocycles. The van der Waals surface area contributed by atoms with Gasteiger partial charge in [0.15, 0.2) is 5.69 Å². The highest BCUT2D eigenvalue weighted by Crippen LogP contribution is 2.36. The molecule has 0 atom stereocenters. The van der Waals surface area contributed by atoms with Gasteiger partial charge in [0.25, 0.3) is 17.7 Å². The second kappa shape index (κ2) is 18.1. The summed E-state index contributed by atoms with van der Waals surface area (Å²) in [6, 6.07) is 19.6. The summed E-state index contributed by atoms with van der Waals surface area (Å²) in [6.07, 6.45) is 0.0934. The normalized spacial score (nSPS) is 13.4. The number of carboxylic acids is 1. The minimum Gasteiger partial charge on any atom is -0.476 e. The van der Waals surface area contributed by atoms with Crippen molar-refractivity contribution in [3.63, 3.8) is 0 Å². The van der Waals surface area contributed by atoms with Crippen LogP contribution in [0.5, 0.6) is 0 Å². The molecule has 0 radical (unpaired) electrons. The Morgan fingerprint density at radius 2 is 1.11 bits per heavy atom. The number of hydrogen-bond donors (Lipinski definition) is 3. The molecule has 4 aromatic carbocycles. The van der Waals surface area contributed by atoms with E-state index in [4.69, 9.17) is 10.8 Å². The summed E-state index contributed by atoms with van der Waals surface area (Å²) in [5.41, 5.74) is 7.44. The van der Waals surface area contributed by atoms with Crippen LogP contribution in [0.2, 0.25) is 0 Å². The van der Waals surface area contributed by atoms with Crippen molar-refractivity contribution in [1.82, 2.24) is 19.9 Å². The van der Waals surface area contributed by atoms with Crippen molar-refractivity contribution in [3.8, 4) is 0 Å². The van der Waals surface area contributed by atoms with E-state index < -0.39 is 41.3 Å². The minimum atomic E-state index is -4.51. The van der Waals surface area contributed by atoms with E-state index in [2.05, 4.69) is 25.3 Å². The second-order valence-corrected chi connectivity index (χ2v) is 13.2. The Hall–Kier alpha value is -7.70. The lowest BCUT2D eigenvalue weighted by atomic mass is 9.96. The molecule has 6 aromatic rings. The summed E-state index contributed by atoms with van der Waals surface area (Å²) in [4.78, 5) is 65.8. The highest BCUT2D eigenvalue weighted by molar-refractivity contribution is 6.15. The van der Waals surface area contributed by atoms with Crippen molar-refractivity contribution in [3.05, 3.63) is 167 Å². The highest BCUT2D eigenvalue weighted by Gasteiger charge is 2.35. The molecule has 4 N–H and O–H groups in total. The maximum Gasteiger partial charge on any atom is 0.416 e. The van der Waals surface area contributed by atoms with Gasteiger partial charge >= 0.3 is 18.3 Å². The fourth-order valence-corrected chi connectivity index (χ4v) is 6.40. The molecule has 0 bridgehead atoms. The summed E-state index contributed by atoms with van der Waals surface area (Å²) < 4.78 is 77.7. The Morgan fingerprint density at radius 3 is 1.59 bits per heavy atom. The van der Waals surface area contributed by atoms with Crippen molar-refractivity contribution in [2.24, 2.45) is 0 Å². The van der Waals surface area contributed by atoms with Crippen LogP contribution in [-0.2, 0) is 25.2 Å². The van der Waals surface area contributed by atoms with Gasteiger partial charge in [-0.3, -0.25) is 24.4 Å². The van der Waals surface area contributed by atoms with E-state index in [9.17, 15) is 45.5 Å². The first kappa shape index (κ1) is 42.9. The first-order valence-electron chi connectivity index (χ1n) is 18.1. The smallest absolute Gasteiger partial charge is 0.416 e. The molecule has 0 saturated heterocycles. The van der Waals surface area contributed by atoms with Crippen LogP contribution >= 0.6 is 0 Å². The molecule has 0 fully saturated rings. The van der Waals surface area contributed by atoms with E-state index in [1.165, 1.54) is 71.2 Å². The quantitative estimate of drug-likeness (QED) is 0.115. The lowest BCUT2D eigenvalue weighted by Gasteiger charge is -2.30. The number of nitrogens with zero attached hydrogens (tertiary/aromatic N) is 6. The van der Waals surface area contributed by atoms with Crippen LogP contribution < -0.4 is 20.9 Å². The van der Waals surface area contributed by atoms with E-state index in [0.717, 1.165) is 29.8 Å². The van der Waals surface area contributed by atoms with E-state index in [0.29, 0.717) is 36.2 Å². The van der Waals surface area contributed by atoms with Gasteiger partial charge in [-0.1, -0.05) is 36.4 Å². The third-order valence-corrected chi connectivity index (χ3v) is 9.26. The third-order valence-electron chi connectivity index (χ3n) is 9.26. The molecule has 2 aliphatic rings. The van der Waals surface area contributed by atoms with Gasteiger partial charge in [0.2, 0.25) is 0 Å². The molecule has 19 heteroatoms. The first-order valence-corrected chi connectivity index (χ1v) is 18.1. The Kier molecular flexibility index (Phi) is 12.7. The first-order chi connectivity index (χ1) is 29.0. The maximum atomic E-state index is 13.2. The number of amides is 3. The lowest BCUT2D eigenvalue weighted by Crippen LogP contribution is -2.38. The number of aromatic carboxylic acids is 1. The number of carbonyl (C=O) groups is 4. The molecular formula is C42H32F6N8O5. The summed E-state index contributed by atoms with van der Waals surface area (Å²) >= 11 is 0. The molecule has 0 unspecified atom stereocenters. The van der Waals surface area contributed by atoms with Crippen molar-refractivity contribution < 1.29 is 50.6 Å². The molecule has 61 heavy (non-hydrogen) atoms. The molecule has 13 nitrogen and oxygen atoms in total. The van der Waals surface area contributed by atoms with Crippen LogP contribution in [-0.4, -0.2) is 61.8 Å². The second-order valence-electron chi connectivity index (χ2n) is 13.2. The average molecular weight is 843 g/mol. The molecular weight excluding hydrogens is 811 g/mol. The number of fused-ring (bicyclic) bond motifs is 2. The molecule has 3 amide bonds. The van der Waals surface area contributed by atoms with Crippen LogP contribution in [0.25, 0.3) is 0 Å². The Balaban J connectivity index is 0.000000175. The summed E-state index contributed by atoms with van der Waals surface area (Å²) in [5, 5.41) is 10.9. The molecule has 0 spiro atoms. The molecule has 2 aliphatic heterocycles. The van der Waals surface area contributed by atoms with Crippen molar-refractivity contribution in [1.29, 1.82) is 0 Å². The zero-order chi connectivity index (χ0) is 43.9. The predicted octanol–water partition coefficient (Wildman–Crippen LogP) is 7.62. The van der Waals surface area contributed by atoms with E-state index in [1.54, 1.807) is 30.3 Å². The maximum absolute atomic E-state index is 13.2. The number of aromatic nitrogens is 4. The van der Waals surface area contributed by atoms with Crippen LogP contribution in [0.4, 0.5) is 49.1 Å². The van der Waals surface area contributed by atoms with Gasteiger partial charge < -0.3 is 26.0 Å². The topological polar surface area (TPSA) is 185 Å². The number of nitrogens with one attached hydrogen (secondary N) is 1. The van der Waals surface area contributed by atoms with Crippen molar-refractivity contribution >= 4 is 46.4 Å². The van der Waals surface area contributed by atoms with Crippen LogP contribution in [0.1, 0.15) is 63.9 Å². The zero-order valence-corrected chi connectivity index (χ0v) is 31.5. The van der Waals surface area contributed by atoms with E-state index >= 15 is 0 Å². The van der Waals surface area contributed by atoms with Gasteiger partial charge in [0.05, 0.1) is 40.3 Å². The number of halogens is 6. The van der Waals surface area contributed by atoms with Crippen LogP contribution in [0.3, 0.4) is 0 Å². The summed E-state index contributed by atoms with van der Waals surface area (Å²) in [5.74, 6) is -2.44. The number of alkyl halides is 6. The summed E-state index contributed by atoms with van der Waals surface area (Å²) in [6.45, 7) is 0.561. The Morgan fingerprint density at radius 1 is 0.639 bits per heavy atom. The highest BCUT2D eigenvalue weighted by atomic mass is 19.4. The monoisotopic (exact) mass is 842 g/mol. The number of carbonyl (C=O) groups excluding carboxylic acids is 3. The van der Waals surface area contributed by atoms with Crippen molar-refractivity contribution in [2.45, 2.75) is 25.2 Å². The average Bonchev–Trinajstić information content (AvgIpc) is 3.24. The molecule has 0 saturated carbocycles. The SMILES string of the molecule is Nc1cccc2c1C(=O)N(c1cccc(C(F)(F)F)c1)CC2.O=C(Nc1cccc2c1C(=O)N(c1cccc(C(F)(F)F)c1)CC2)c1cnccn1.O=C(O)c1cnccn1. The number of carboxylic acid groups (broad SMARTS) is 1. The fourth-order valence-electron chi connectivity index (χ4n) is 6.40. The van der Waals surface area contributed by atoms with Gasteiger partial charge in [-0.2, -0.15) is 26.3 Å². The molecule has 2 aromatic heterocycles. The number of rotatable bonds is 5. The number of nitrogens with two attached hydrogens (primary N) is 1. The minimum absolute atomic E-state index is 0.0301. The number of benzene rings is 4. The lowest BCUT2D eigenvalue weighted by molar-refractivity contribution is -0.138. The van der Waals surface area contributed by atoms with E-state index in [1.807, 2.05) is 6.07 Å². The molecule has 8 rings (SSSR count). The van der Waals surface area contributed by atoms with Gasteiger partial charge in [-0.25, -0.2) is 14.8 Å². The Labute approximate surface area is 342 Å².